The molecular formula is C22H19N3O2S. The van der Waals surface area contributed by atoms with Crippen molar-refractivity contribution in [2.75, 3.05) is 0 Å². The molecule has 1 aromatic heterocycles. The Hall–Kier alpha value is -3.09. The maximum Gasteiger partial charge on any atom is 0.266 e. The van der Waals surface area contributed by atoms with E-state index < -0.39 is 11.0 Å². The highest BCUT2D eigenvalue weighted by Crippen LogP contribution is 2.27. The van der Waals surface area contributed by atoms with Gasteiger partial charge in [-0.1, -0.05) is 49.4 Å². The molecule has 1 atom stereocenters. The summed E-state index contributed by atoms with van der Waals surface area (Å²) in [5.74, 6) is 0.717. The number of nitrogens with two attached hydrogens (primary N) is 1. The molecule has 2 N–H and O–H groups in total. The highest BCUT2D eigenvalue weighted by atomic mass is 32.2. The summed E-state index contributed by atoms with van der Waals surface area (Å²) >= 11 is 0. The molecule has 28 heavy (non-hydrogen) atoms. The second kappa shape index (κ2) is 7.50. The predicted molar refractivity (Wildman–Crippen MR) is 113 cm³/mol. The van der Waals surface area contributed by atoms with E-state index >= 15 is 0 Å². The molecule has 4 aromatic rings. The lowest BCUT2D eigenvalue weighted by Crippen LogP contribution is -2.24. The third-order valence-electron chi connectivity index (χ3n) is 4.70. The molecule has 3 aromatic carbocycles. The van der Waals surface area contributed by atoms with E-state index in [1.54, 1.807) is 16.7 Å². The number of nitrogens with zero attached hydrogens (tertiary/aromatic N) is 2. The van der Waals surface area contributed by atoms with Crippen molar-refractivity contribution in [2.45, 2.75) is 18.2 Å². The second-order valence-electron chi connectivity index (χ2n) is 6.38. The Labute approximate surface area is 165 Å². The van der Waals surface area contributed by atoms with E-state index in [1.807, 2.05) is 67.6 Å². The molecule has 0 aliphatic rings. The Balaban J connectivity index is 2.02. The maximum atomic E-state index is 13.5. The molecule has 0 amide bonds. The van der Waals surface area contributed by atoms with Crippen LogP contribution in [0.25, 0.3) is 27.7 Å². The van der Waals surface area contributed by atoms with Crippen LogP contribution in [0.4, 0.5) is 0 Å². The Morgan fingerprint density at radius 3 is 2.32 bits per heavy atom. The van der Waals surface area contributed by atoms with Crippen LogP contribution < -0.4 is 10.7 Å². The van der Waals surface area contributed by atoms with Gasteiger partial charge in [-0.25, -0.2) is 14.3 Å². The summed E-state index contributed by atoms with van der Waals surface area (Å²) in [4.78, 5) is 18.8. The van der Waals surface area contributed by atoms with E-state index in [-0.39, 0.29) is 5.56 Å². The molecule has 1 unspecified atom stereocenters. The number of aryl methyl sites for hydroxylation is 1. The molecule has 0 spiro atoms. The van der Waals surface area contributed by atoms with Crippen molar-refractivity contribution in [3.8, 4) is 16.8 Å². The van der Waals surface area contributed by atoms with Gasteiger partial charge >= 0.3 is 0 Å². The molecule has 0 saturated carbocycles. The molecule has 0 fully saturated rings. The number of fused-ring (bicyclic) bond motifs is 1. The topological polar surface area (TPSA) is 78.0 Å². The highest BCUT2D eigenvalue weighted by Gasteiger charge is 2.15. The van der Waals surface area contributed by atoms with Crippen LogP contribution in [0.5, 0.6) is 0 Å². The summed E-state index contributed by atoms with van der Waals surface area (Å²) < 4.78 is 13.1. The minimum Gasteiger partial charge on any atom is -0.268 e. The first-order valence-corrected chi connectivity index (χ1v) is 10.2. The van der Waals surface area contributed by atoms with E-state index in [2.05, 4.69) is 0 Å². The highest BCUT2D eigenvalue weighted by molar-refractivity contribution is 7.82. The molecule has 140 valence electrons. The van der Waals surface area contributed by atoms with E-state index in [1.165, 1.54) is 0 Å². The average Bonchev–Trinajstić information content (AvgIpc) is 2.73. The Bertz CT molecular complexity index is 1230. The van der Waals surface area contributed by atoms with Crippen LogP contribution in [0.15, 0.2) is 82.5 Å². The Morgan fingerprint density at radius 2 is 1.68 bits per heavy atom. The van der Waals surface area contributed by atoms with Gasteiger partial charge in [-0.2, -0.15) is 0 Å². The Morgan fingerprint density at radius 1 is 0.964 bits per heavy atom. The van der Waals surface area contributed by atoms with E-state index in [0.717, 1.165) is 22.6 Å². The summed E-state index contributed by atoms with van der Waals surface area (Å²) in [6.45, 7) is 1.99. The summed E-state index contributed by atoms with van der Waals surface area (Å²) in [5.41, 5.74) is 3.00. The van der Waals surface area contributed by atoms with Crippen molar-refractivity contribution in [3.05, 3.63) is 89.0 Å². The second-order valence-corrected chi connectivity index (χ2v) is 7.45. The van der Waals surface area contributed by atoms with Crippen molar-refractivity contribution < 1.29 is 4.21 Å². The fourth-order valence-electron chi connectivity index (χ4n) is 3.37. The van der Waals surface area contributed by atoms with E-state index in [9.17, 15) is 9.00 Å². The molecule has 5 nitrogen and oxygen atoms in total. The number of hydrogen-bond donors (Lipinski definition) is 1. The van der Waals surface area contributed by atoms with Gasteiger partial charge in [0.15, 0.2) is 0 Å². The zero-order valence-corrected chi connectivity index (χ0v) is 16.1. The smallest absolute Gasteiger partial charge is 0.266 e. The van der Waals surface area contributed by atoms with Gasteiger partial charge in [-0.3, -0.25) is 9.36 Å². The maximum absolute atomic E-state index is 13.5. The molecule has 6 heteroatoms. The van der Waals surface area contributed by atoms with Crippen LogP contribution >= 0.6 is 0 Å². The molecule has 0 saturated heterocycles. The van der Waals surface area contributed by atoms with Crippen LogP contribution in [-0.4, -0.2) is 13.8 Å². The van der Waals surface area contributed by atoms with Gasteiger partial charge in [0.2, 0.25) is 0 Å². The lowest BCUT2D eigenvalue weighted by atomic mass is 10.0. The van der Waals surface area contributed by atoms with Crippen LogP contribution in [0.1, 0.15) is 12.7 Å². The van der Waals surface area contributed by atoms with Gasteiger partial charge in [-0.05, 0) is 41.5 Å². The van der Waals surface area contributed by atoms with Gasteiger partial charge in [0.25, 0.3) is 5.56 Å². The first kappa shape index (κ1) is 18.3. The molecule has 0 aliphatic carbocycles. The van der Waals surface area contributed by atoms with E-state index in [4.69, 9.17) is 10.1 Å². The summed E-state index contributed by atoms with van der Waals surface area (Å²) in [7, 11) is -1.54. The molecule has 1 heterocycles. The van der Waals surface area contributed by atoms with Gasteiger partial charge in [0.05, 0.1) is 21.5 Å². The zero-order valence-electron chi connectivity index (χ0n) is 15.3. The van der Waals surface area contributed by atoms with Crippen LogP contribution in [0.3, 0.4) is 0 Å². The van der Waals surface area contributed by atoms with Crippen molar-refractivity contribution in [1.82, 2.24) is 9.55 Å². The zero-order chi connectivity index (χ0) is 19.7. The average molecular weight is 389 g/mol. The quantitative estimate of drug-likeness (QED) is 0.579. The SMILES string of the molecule is CCc1nc2cccc(-c3ccc(S(N)=O)cc3)c2c(=O)n1-c1ccccc1. The number of rotatable bonds is 4. The molecule has 4 rings (SSSR count). The third kappa shape index (κ3) is 3.17. The normalized spacial score (nSPS) is 12.2. The first-order valence-electron chi connectivity index (χ1n) is 8.97. The van der Waals surface area contributed by atoms with Gasteiger partial charge < -0.3 is 0 Å². The molecule has 0 radical (unpaired) electrons. The van der Waals surface area contributed by atoms with Crippen molar-refractivity contribution in [3.63, 3.8) is 0 Å². The third-order valence-corrected chi connectivity index (χ3v) is 5.43. The van der Waals surface area contributed by atoms with Crippen molar-refractivity contribution in [2.24, 2.45) is 5.14 Å². The van der Waals surface area contributed by atoms with Gasteiger partial charge in [-0.15, -0.1) is 0 Å². The monoisotopic (exact) mass is 389 g/mol. The standard InChI is InChI=1S/C22H19N3O2S/c1-2-20-24-19-10-6-9-18(15-11-13-17(14-12-15)28(23)27)21(19)22(26)25(20)16-7-4-3-5-8-16/h3-14H,2,23H2,1H3. The molecule has 0 bridgehead atoms. The number of para-hydroxylation sites is 1. The summed E-state index contributed by atoms with van der Waals surface area (Å²) in [5, 5.41) is 6.00. The van der Waals surface area contributed by atoms with Crippen molar-refractivity contribution >= 4 is 21.9 Å². The van der Waals surface area contributed by atoms with Gasteiger partial charge in [0.1, 0.15) is 16.8 Å². The largest absolute Gasteiger partial charge is 0.268 e. The van der Waals surface area contributed by atoms with Crippen molar-refractivity contribution in [1.29, 1.82) is 0 Å². The van der Waals surface area contributed by atoms with E-state index in [0.29, 0.717) is 22.2 Å². The van der Waals surface area contributed by atoms with Crippen LogP contribution in [0.2, 0.25) is 0 Å². The molecular weight excluding hydrogens is 370 g/mol. The number of aromatic nitrogens is 2. The first-order chi connectivity index (χ1) is 13.6. The van der Waals surface area contributed by atoms with Gasteiger partial charge in [0, 0.05) is 6.42 Å². The van der Waals surface area contributed by atoms with Crippen LogP contribution in [0, 0.1) is 0 Å². The fourth-order valence-corrected chi connectivity index (χ4v) is 3.77. The minimum atomic E-state index is -1.54. The molecule has 0 aliphatic heterocycles. The lowest BCUT2D eigenvalue weighted by Gasteiger charge is -2.14. The fraction of sp³-hybridized carbons (Fsp3) is 0.0909. The summed E-state index contributed by atoms with van der Waals surface area (Å²) in [6, 6.07) is 22.3. The summed E-state index contributed by atoms with van der Waals surface area (Å²) in [6.07, 6.45) is 0.640. The predicted octanol–water partition coefficient (Wildman–Crippen LogP) is 3.60. The number of hydrogen-bond acceptors (Lipinski definition) is 3. The lowest BCUT2D eigenvalue weighted by molar-refractivity contribution is 0.684. The Kier molecular flexibility index (Phi) is 4.90. The van der Waals surface area contributed by atoms with Crippen LogP contribution in [-0.2, 0) is 17.4 Å². The minimum absolute atomic E-state index is 0.102. The number of benzene rings is 3.